The number of carbonyl (C=O) groups is 3. The number of nitrogens with zero attached hydrogens (tertiary/aromatic N) is 6. The van der Waals surface area contributed by atoms with Gasteiger partial charge in [0.2, 0.25) is 17.8 Å². The van der Waals surface area contributed by atoms with Gasteiger partial charge in [-0.05, 0) is 106 Å². The van der Waals surface area contributed by atoms with Crippen molar-refractivity contribution in [3.8, 4) is 5.75 Å². The number of methoxy groups -OCH3 is 1. The van der Waals surface area contributed by atoms with Crippen LogP contribution in [0.4, 0.5) is 37.6 Å². The molecule has 3 aliphatic rings. The van der Waals surface area contributed by atoms with E-state index >= 15 is 8.78 Å². The number of hydrogen-bond donors (Lipinski definition) is 3. The molecule has 3 saturated heterocycles. The standard InChI is InChI=1S/C48H56F2N9O5P/c1-6-31-25-40(54-48-51-27-29(2)46(56-48)53-39-11-10-38-34(45(39)65(4,5)63)8-7-32(28-60)52-38)42(64-3)26-41(31)59-17-14-33(15-18-59)58-21-19-57(20-22-58)16-13-30-23-36(49)44(37(50)24-30)35-9-12-43(61)55-47(35)62/h7-8,10-11,23-28,33,35H,6,9,12-22H2,1-5H3,(H,55,61,62)(H2,51,53,54,56). The summed E-state index contributed by atoms with van der Waals surface area (Å²) < 4.78 is 49.8. The van der Waals surface area contributed by atoms with Crippen LogP contribution < -0.4 is 30.9 Å². The summed E-state index contributed by atoms with van der Waals surface area (Å²) in [6.45, 7) is 13.6. The summed E-state index contributed by atoms with van der Waals surface area (Å²) >= 11 is 0. The monoisotopic (exact) mass is 907 g/mol. The van der Waals surface area contributed by atoms with Crippen molar-refractivity contribution in [2.45, 2.75) is 64.3 Å². The van der Waals surface area contributed by atoms with Crippen LogP contribution in [0.3, 0.4) is 0 Å². The third-order valence-electron chi connectivity index (χ3n) is 12.9. The van der Waals surface area contributed by atoms with Gasteiger partial charge in [0.25, 0.3) is 0 Å². The molecule has 65 heavy (non-hydrogen) atoms. The van der Waals surface area contributed by atoms with E-state index in [2.05, 4.69) is 59.7 Å². The lowest BCUT2D eigenvalue weighted by Gasteiger charge is -2.43. The number of amides is 2. The van der Waals surface area contributed by atoms with Crippen LogP contribution in [-0.4, -0.2) is 115 Å². The summed E-state index contributed by atoms with van der Waals surface area (Å²) in [5, 5.41) is 10.3. The van der Waals surface area contributed by atoms with Gasteiger partial charge in [0.15, 0.2) is 6.29 Å². The van der Waals surface area contributed by atoms with Gasteiger partial charge in [-0.1, -0.05) is 6.92 Å². The molecule has 0 spiro atoms. The number of benzene rings is 3. The Hall–Kier alpha value is -5.83. The zero-order valence-electron chi connectivity index (χ0n) is 37.5. The molecule has 5 aromatic rings. The minimum atomic E-state index is -2.82. The number of pyridine rings is 1. The first-order valence-electron chi connectivity index (χ1n) is 22.3. The number of piperidine rings is 2. The van der Waals surface area contributed by atoms with E-state index in [1.165, 1.54) is 17.7 Å². The Balaban J connectivity index is 0.875. The summed E-state index contributed by atoms with van der Waals surface area (Å²) in [4.78, 5) is 56.4. The first-order valence-corrected chi connectivity index (χ1v) is 24.9. The summed E-state index contributed by atoms with van der Waals surface area (Å²) in [7, 11) is -1.16. The summed E-state index contributed by atoms with van der Waals surface area (Å²) in [6.07, 6.45) is 5.94. The Kier molecular flexibility index (Phi) is 13.6. The van der Waals surface area contributed by atoms with Crippen molar-refractivity contribution >= 4 is 70.3 Å². The van der Waals surface area contributed by atoms with Gasteiger partial charge in [0.05, 0.1) is 29.9 Å². The number of fused-ring (bicyclic) bond motifs is 1. The average molecular weight is 908 g/mol. The second kappa shape index (κ2) is 19.3. The van der Waals surface area contributed by atoms with Gasteiger partial charge in [-0.3, -0.25) is 24.6 Å². The number of ether oxygens (including phenoxy) is 1. The molecule has 342 valence electrons. The van der Waals surface area contributed by atoms with Crippen LogP contribution in [0.25, 0.3) is 10.9 Å². The topological polar surface area (TPSA) is 162 Å². The van der Waals surface area contributed by atoms with E-state index in [-0.39, 0.29) is 18.4 Å². The molecule has 0 bridgehead atoms. The zero-order valence-corrected chi connectivity index (χ0v) is 38.4. The van der Waals surface area contributed by atoms with Gasteiger partial charge >= 0.3 is 0 Å². The molecular formula is C48H56F2N9O5P. The molecule has 2 amide bonds. The summed E-state index contributed by atoms with van der Waals surface area (Å²) in [5.41, 5.74) is 5.69. The fourth-order valence-electron chi connectivity index (χ4n) is 9.48. The lowest BCUT2D eigenvalue weighted by molar-refractivity contribution is -0.134. The summed E-state index contributed by atoms with van der Waals surface area (Å²) in [6, 6.07) is 14.4. The van der Waals surface area contributed by atoms with Crippen molar-refractivity contribution < 1.29 is 32.5 Å². The maximum Gasteiger partial charge on any atom is 0.234 e. The molecule has 5 heterocycles. The number of aryl methyl sites for hydroxylation is 2. The molecule has 0 aliphatic carbocycles. The molecule has 1 unspecified atom stereocenters. The maximum atomic E-state index is 15.1. The smallest absolute Gasteiger partial charge is 0.234 e. The number of carbonyl (C=O) groups excluding carboxylic acids is 3. The van der Waals surface area contributed by atoms with E-state index in [1.54, 1.807) is 44.8 Å². The number of anilines is 5. The van der Waals surface area contributed by atoms with Crippen molar-refractivity contribution in [3.05, 3.63) is 94.3 Å². The molecule has 14 nitrogen and oxygen atoms in total. The quantitative estimate of drug-likeness (QED) is 0.0590. The number of imide groups is 1. The molecule has 2 aromatic heterocycles. The largest absolute Gasteiger partial charge is 0.494 e. The lowest BCUT2D eigenvalue weighted by Crippen LogP contribution is -2.53. The van der Waals surface area contributed by atoms with E-state index in [0.717, 1.165) is 75.5 Å². The van der Waals surface area contributed by atoms with Crippen LogP contribution in [-0.2, 0) is 27.0 Å². The van der Waals surface area contributed by atoms with Crippen molar-refractivity contribution in [2.24, 2.45) is 0 Å². The van der Waals surface area contributed by atoms with Gasteiger partial charge in [-0.15, -0.1) is 0 Å². The minimum Gasteiger partial charge on any atom is -0.494 e. The van der Waals surface area contributed by atoms with Crippen LogP contribution in [0.15, 0.2) is 54.7 Å². The van der Waals surface area contributed by atoms with Gasteiger partial charge in [0.1, 0.15) is 36.0 Å². The number of halogens is 2. The Morgan fingerprint density at radius 2 is 1.66 bits per heavy atom. The van der Waals surface area contributed by atoms with Gasteiger partial charge in [0, 0.05) is 98.0 Å². The van der Waals surface area contributed by atoms with Gasteiger partial charge < -0.3 is 29.7 Å². The molecule has 8 rings (SSSR count). The predicted octanol–water partition coefficient (Wildman–Crippen LogP) is 7.08. The van der Waals surface area contributed by atoms with Crippen molar-refractivity contribution in [1.82, 2.24) is 30.1 Å². The Bertz CT molecular complexity index is 2660. The highest BCUT2D eigenvalue weighted by atomic mass is 31.2. The first-order chi connectivity index (χ1) is 31.2. The molecule has 3 aromatic carbocycles. The predicted molar refractivity (Wildman–Crippen MR) is 250 cm³/mol. The van der Waals surface area contributed by atoms with Crippen LogP contribution in [0.2, 0.25) is 0 Å². The van der Waals surface area contributed by atoms with E-state index < -0.39 is 36.5 Å². The van der Waals surface area contributed by atoms with Gasteiger partial charge in [-0.2, -0.15) is 4.98 Å². The van der Waals surface area contributed by atoms with Crippen molar-refractivity contribution in [3.63, 3.8) is 0 Å². The molecule has 3 fully saturated rings. The highest BCUT2D eigenvalue weighted by molar-refractivity contribution is 7.71. The van der Waals surface area contributed by atoms with E-state index in [1.807, 2.05) is 13.0 Å². The number of piperazine rings is 1. The zero-order chi connectivity index (χ0) is 46.0. The third kappa shape index (κ3) is 10.0. The van der Waals surface area contributed by atoms with Crippen molar-refractivity contribution in [1.29, 1.82) is 0 Å². The first kappa shape index (κ1) is 45.7. The minimum absolute atomic E-state index is 0.0607. The van der Waals surface area contributed by atoms with Crippen LogP contribution >= 0.6 is 7.14 Å². The van der Waals surface area contributed by atoms with Crippen LogP contribution in [0.5, 0.6) is 5.75 Å². The van der Waals surface area contributed by atoms with Crippen LogP contribution in [0.1, 0.15) is 71.3 Å². The molecule has 17 heteroatoms. The van der Waals surface area contributed by atoms with E-state index in [4.69, 9.17) is 9.72 Å². The Morgan fingerprint density at radius 3 is 2.32 bits per heavy atom. The number of aldehydes is 1. The molecule has 0 saturated carbocycles. The second-order valence-electron chi connectivity index (χ2n) is 17.6. The molecule has 3 aliphatic heterocycles. The fraction of sp³-hybridized carbons (Fsp3) is 0.417. The Labute approximate surface area is 377 Å². The molecule has 3 N–H and O–H groups in total. The van der Waals surface area contributed by atoms with E-state index in [9.17, 15) is 18.9 Å². The average Bonchev–Trinajstić information content (AvgIpc) is 3.29. The number of aromatic nitrogens is 3. The van der Waals surface area contributed by atoms with Gasteiger partial charge in [-0.25, -0.2) is 18.7 Å². The van der Waals surface area contributed by atoms with Crippen LogP contribution in [0, 0.1) is 18.6 Å². The number of nitrogens with one attached hydrogen (secondary N) is 3. The molecule has 0 radical (unpaired) electrons. The Morgan fingerprint density at radius 1 is 0.923 bits per heavy atom. The van der Waals surface area contributed by atoms with E-state index in [0.29, 0.717) is 76.0 Å². The fourth-order valence-corrected chi connectivity index (χ4v) is 11.0. The number of hydrogen-bond acceptors (Lipinski definition) is 13. The van der Waals surface area contributed by atoms with Crippen molar-refractivity contribution in [2.75, 3.05) is 81.8 Å². The third-order valence-corrected chi connectivity index (χ3v) is 14.5. The highest BCUT2D eigenvalue weighted by Crippen LogP contribution is 2.42. The SMILES string of the molecule is CCc1cc(Nc2ncc(C)c(Nc3ccc4nc(C=O)ccc4c3P(C)(C)=O)n2)c(OC)cc1N1CCC(N2CCN(CCc3cc(F)c(C4CCC(=O)NC4=O)c(F)c3)CC2)CC1. The number of rotatable bonds is 14. The second-order valence-corrected chi connectivity index (χ2v) is 20.7. The highest BCUT2D eigenvalue weighted by Gasteiger charge is 2.33. The molecular weight excluding hydrogens is 852 g/mol. The lowest BCUT2D eigenvalue weighted by atomic mass is 9.89. The molecule has 1 atom stereocenters. The summed E-state index contributed by atoms with van der Waals surface area (Å²) in [5.74, 6) is -1.96. The maximum absolute atomic E-state index is 15.1. The normalized spacial score (nSPS) is 17.9.